The summed E-state index contributed by atoms with van der Waals surface area (Å²) in [5.41, 5.74) is 0.444. The number of benzene rings is 1. The first-order valence-electron chi connectivity index (χ1n) is 5.21. The van der Waals surface area contributed by atoms with Gasteiger partial charge < -0.3 is 4.74 Å². The van der Waals surface area contributed by atoms with Crippen LogP contribution in [0.3, 0.4) is 0 Å². The van der Waals surface area contributed by atoms with Gasteiger partial charge in [-0.25, -0.2) is 8.78 Å². The maximum Gasteiger partial charge on any atom is 0.313 e. The van der Waals surface area contributed by atoms with Crippen molar-refractivity contribution in [1.82, 2.24) is 0 Å². The highest BCUT2D eigenvalue weighted by atomic mass is 19.2. The molecule has 0 saturated carbocycles. The van der Waals surface area contributed by atoms with Gasteiger partial charge >= 0.3 is 5.97 Å². The molecule has 0 bridgehead atoms. The molecule has 0 heterocycles. The number of halogens is 2. The molecule has 1 rings (SSSR count). The van der Waals surface area contributed by atoms with Crippen molar-refractivity contribution in [2.45, 2.75) is 26.2 Å². The summed E-state index contributed by atoms with van der Waals surface area (Å²) in [6, 6.07) is 3.47. The normalized spacial score (nSPS) is 12.2. The summed E-state index contributed by atoms with van der Waals surface area (Å²) >= 11 is 0. The van der Waals surface area contributed by atoms with E-state index in [0.717, 1.165) is 12.1 Å². The number of hydrogen-bond donors (Lipinski definition) is 0. The Bertz CT molecular complexity index is 377. The van der Waals surface area contributed by atoms with E-state index in [1.165, 1.54) is 6.07 Å². The minimum Gasteiger partial charge on any atom is -0.466 e. The number of ether oxygens (including phenoxy) is 1. The van der Waals surface area contributed by atoms with Crippen LogP contribution in [-0.2, 0) is 9.53 Å². The van der Waals surface area contributed by atoms with E-state index in [4.69, 9.17) is 4.74 Å². The van der Waals surface area contributed by atoms with Crippen LogP contribution in [0, 0.1) is 11.6 Å². The lowest BCUT2D eigenvalue weighted by Gasteiger charge is -2.13. The van der Waals surface area contributed by atoms with E-state index >= 15 is 0 Å². The Morgan fingerprint density at radius 1 is 1.31 bits per heavy atom. The van der Waals surface area contributed by atoms with Crippen LogP contribution < -0.4 is 0 Å². The molecule has 0 spiro atoms. The molecule has 1 atom stereocenters. The topological polar surface area (TPSA) is 26.3 Å². The monoisotopic (exact) mass is 228 g/mol. The second-order valence-corrected chi connectivity index (χ2v) is 3.39. The van der Waals surface area contributed by atoms with Gasteiger partial charge in [-0.2, -0.15) is 0 Å². The van der Waals surface area contributed by atoms with Gasteiger partial charge in [0.25, 0.3) is 0 Å². The summed E-state index contributed by atoms with van der Waals surface area (Å²) in [4.78, 5) is 11.5. The zero-order chi connectivity index (χ0) is 12.1. The predicted molar refractivity (Wildman–Crippen MR) is 56.0 cm³/mol. The quantitative estimate of drug-likeness (QED) is 0.740. The molecule has 0 fully saturated rings. The minimum absolute atomic E-state index is 0.277. The summed E-state index contributed by atoms with van der Waals surface area (Å²) in [7, 11) is 0. The third-order valence-electron chi connectivity index (χ3n) is 2.33. The number of rotatable bonds is 4. The molecule has 1 unspecified atom stereocenters. The van der Waals surface area contributed by atoms with Crippen LogP contribution in [0.5, 0.6) is 0 Å². The molecule has 0 N–H and O–H groups in total. The van der Waals surface area contributed by atoms with Gasteiger partial charge in [0.15, 0.2) is 11.6 Å². The van der Waals surface area contributed by atoms with E-state index in [1.54, 1.807) is 13.8 Å². The predicted octanol–water partition coefficient (Wildman–Crippen LogP) is 3.02. The molecule has 0 amide bonds. The lowest BCUT2D eigenvalue weighted by atomic mass is 9.96. The van der Waals surface area contributed by atoms with Crippen molar-refractivity contribution >= 4 is 5.97 Å². The first-order chi connectivity index (χ1) is 7.60. The Morgan fingerprint density at radius 2 is 2.00 bits per heavy atom. The van der Waals surface area contributed by atoms with Crippen LogP contribution >= 0.6 is 0 Å². The molecule has 16 heavy (non-hydrogen) atoms. The Labute approximate surface area is 93.2 Å². The Morgan fingerprint density at radius 3 is 2.50 bits per heavy atom. The van der Waals surface area contributed by atoms with E-state index in [9.17, 15) is 13.6 Å². The molecule has 0 aromatic heterocycles. The molecule has 0 saturated heterocycles. The summed E-state index contributed by atoms with van der Waals surface area (Å²) < 4.78 is 30.6. The van der Waals surface area contributed by atoms with Gasteiger partial charge in [-0.1, -0.05) is 13.0 Å². The van der Waals surface area contributed by atoms with Crippen LogP contribution in [0.2, 0.25) is 0 Å². The second kappa shape index (κ2) is 5.58. The molecule has 0 aliphatic heterocycles. The number of hydrogen-bond acceptors (Lipinski definition) is 2. The van der Waals surface area contributed by atoms with Crippen LogP contribution in [-0.4, -0.2) is 12.6 Å². The Kier molecular flexibility index (Phi) is 4.40. The molecular weight excluding hydrogens is 214 g/mol. The smallest absolute Gasteiger partial charge is 0.313 e. The van der Waals surface area contributed by atoms with Crippen molar-refractivity contribution < 1.29 is 18.3 Å². The van der Waals surface area contributed by atoms with Crippen molar-refractivity contribution in [2.24, 2.45) is 0 Å². The van der Waals surface area contributed by atoms with Gasteiger partial charge in [0, 0.05) is 0 Å². The lowest BCUT2D eigenvalue weighted by molar-refractivity contribution is -0.145. The van der Waals surface area contributed by atoms with E-state index in [1.807, 2.05) is 0 Å². The summed E-state index contributed by atoms with van der Waals surface area (Å²) in [5.74, 6) is -2.80. The van der Waals surface area contributed by atoms with E-state index in [0.29, 0.717) is 12.0 Å². The zero-order valence-corrected chi connectivity index (χ0v) is 9.30. The molecule has 2 nitrogen and oxygen atoms in total. The molecule has 1 aromatic rings. The third-order valence-corrected chi connectivity index (χ3v) is 2.33. The molecule has 1 aromatic carbocycles. The number of esters is 1. The third kappa shape index (κ3) is 2.78. The van der Waals surface area contributed by atoms with Crippen LogP contribution in [0.4, 0.5) is 8.78 Å². The average molecular weight is 228 g/mol. The molecule has 0 aliphatic rings. The van der Waals surface area contributed by atoms with Crippen LogP contribution in [0.25, 0.3) is 0 Å². The van der Waals surface area contributed by atoms with Crippen molar-refractivity contribution in [2.75, 3.05) is 6.61 Å². The van der Waals surface area contributed by atoms with Gasteiger partial charge in [0.2, 0.25) is 0 Å². The molecule has 0 radical (unpaired) electrons. The zero-order valence-electron chi connectivity index (χ0n) is 9.30. The largest absolute Gasteiger partial charge is 0.466 e. The van der Waals surface area contributed by atoms with E-state index in [-0.39, 0.29) is 6.61 Å². The fourth-order valence-corrected chi connectivity index (χ4v) is 1.51. The van der Waals surface area contributed by atoms with E-state index < -0.39 is 23.5 Å². The van der Waals surface area contributed by atoms with E-state index in [2.05, 4.69) is 0 Å². The molecule has 4 heteroatoms. The van der Waals surface area contributed by atoms with Gasteiger partial charge in [-0.3, -0.25) is 4.79 Å². The van der Waals surface area contributed by atoms with Crippen molar-refractivity contribution in [1.29, 1.82) is 0 Å². The van der Waals surface area contributed by atoms with Gasteiger partial charge in [0.05, 0.1) is 12.5 Å². The molecule has 0 aliphatic carbocycles. The SMILES string of the molecule is CCOC(=O)C(CC)c1ccc(F)c(F)c1. The van der Waals surface area contributed by atoms with Gasteiger partial charge in [-0.15, -0.1) is 0 Å². The standard InChI is InChI=1S/C12H14F2O2/c1-3-9(12(15)16-4-2)8-5-6-10(13)11(14)7-8/h5-7,9H,3-4H2,1-2H3. The van der Waals surface area contributed by atoms with Gasteiger partial charge in [-0.05, 0) is 31.0 Å². The number of carbonyl (C=O) groups is 1. The summed E-state index contributed by atoms with van der Waals surface area (Å²) in [6.45, 7) is 3.78. The van der Waals surface area contributed by atoms with Gasteiger partial charge in [0.1, 0.15) is 0 Å². The second-order valence-electron chi connectivity index (χ2n) is 3.39. The minimum atomic E-state index is -0.944. The average Bonchev–Trinajstić information content (AvgIpc) is 2.25. The van der Waals surface area contributed by atoms with Crippen LogP contribution in [0.15, 0.2) is 18.2 Å². The summed E-state index contributed by atoms with van der Waals surface area (Å²) in [6.07, 6.45) is 0.490. The fourth-order valence-electron chi connectivity index (χ4n) is 1.51. The van der Waals surface area contributed by atoms with Crippen molar-refractivity contribution in [3.05, 3.63) is 35.4 Å². The first-order valence-corrected chi connectivity index (χ1v) is 5.21. The highest BCUT2D eigenvalue weighted by Crippen LogP contribution is 2.22. The molecular formula is C12H14F2O2. The first kappa shape index (κ1) is 12.6. The summed E-state index contributed by atoms with van der Waals surface area (Å²) in [5, 5.41) is 0. The Hall–Kier alpha value is -1.45. The van der Waals surface area contributed by atoms with Crippen molar-refractivity contribution in [3.63, 3.8) is 0 Å². The fraction of sp³-hybridized carbons (Fsp3) is 0.417. The van der Waals surface area contributed by atoms with Crippen molar-refractivity contribution in [3.8, 4) is 0 Å². The Balaban J connectivity index is 2.95. The number of carbonyl (C=O) groups excluding carboxylic acids is 1. The highest BCUT2D eigenvalue weighted by Gasteiger charge is 2.20. The molecule has 88 valence electrons. The highest BCUT2D eigenvalue weighted by molar-refractivity contribution is 5.78. The lowest BCUT2D eigenvalue weighted by Crippen LogP contribution is -2.15. The van der Waals surface area contributed by atoms with Crippen LogP contribution in [0.1, 0.15) is 31.7 Å². The maximum atomic E-state index is 13.0. The maximum absolute atomic E-state index is 13.0.